The van der Waals surface area contributed by atoms with Crippen LogP contribution < -0.4 is 0 Å². The summed E-state index contributed by atoms with van der Waals surface area (Å²) in [6.07, 6.45) is 6.86. The van der Waals surface area contributed by atoms with E-state index in [1.807, 2.05) is 6.08 Å². The first-order chi connectivity index (χ1) is 4.83. The predicted octanol–water partition coefficient (Wildman–Crippen LogP) is 2.32. The molecule has 0 aliphatic heterocycles. The zero-order valence-corrected chi connectivity index (χ0v) is 6.31. The number of carbonyl (C=O) groups is 1. The molecule has 0 radical (unpaired) electrons. The number of hydrogen-bond donors (Lipinski definition) is 0. The van der Waals surface area contributed by atoms with Crippen LogP contribution in [-0.2, 0) is 4.79 Å². The highest BCUT2D eigenvalue weighted by Crippen LogP contribution is 2.23. The number of ketones is 1. The highest BCUT2D eigenvalue weighted by Gasteiger charge is 2.17. The summed E-state index contributed by atoms with van der Waals surface area (Å²) in [6.45, 7) is 3.67. The number of carbonyl (C=O) groups excluding carboxylic acids is 1. The second-order valence-corrected chi connectivity index (χ2v) is 3.03. The molecule has 0 aromatic heterocycles. The summed E-state index contributed by atoms with van der Waals surface area (Å²) in [5.41, 5.74) is 0. The van der Waals surface area contributed by atoms with E-state index < -0.39 is 0 Å². The van der Waals surface area contributed by atoms with Gasteiger partial charge in [-0.2, -0.15) is 0 Å². The van der Waals surface area contributed by atoms with Crippen LogP contribution in [0.5, 0.6) is 0 Å². The molecule has 1 nitrogen and oxygen atoms in total. The van der Waals surface area contributed by atoms with E-state index in [-0.39, 0.29) is 0 Å². The molecular formula is C9H14O. The molecule has 0 aromatic rings. The maximum Gasteiger partial charge on any atom is 0.133 e. The van der Waals surface area contributed by atoms with Crippen molar-refractivity contribution in [1.29, 1.82) is 0 Å². The molecule has 1 heteroatoms. The second kappa shape index (κ2) is 3.55. The average molecular weight is 138 g/mol. The third-order valence-electron chi connectivity index (χ3n) is 2.08. The summed E-state index contributed by atoms with van der Waals surface area (Å²) in [4.78, 5) is 10.9. The predicted molar refractivity (Wildman–Crippen MR) is 41.8 cm³/mol. The fourth-order valence-electron chi connectivity index (χ4n) is 1.55. The van der Waals surface area contributed by atoms with Gasteiger partial charge in [-0.25, -0.2) is 0 Å². The Morgan fingerprint density at radius 3 is 3.10 bits per heavy atom. The molecule has 10 heavy (non-hydrogen) atoms. The van der Waals surface area contributed by atoms with Crippen LogP contribution in [0.1, 0.15) is 32.1 Å². The van der Waals surface area contributed by atoms with Gasteiger partial charge in [0.05, 0.1) is 0 Å². The Kier molecular flexibility index (Phi) is 2.67. The Labute approximate surface area is 62.1 Å². The van der Waals surface area contributed by atoms with Crippen LogP contribution >= 0.6 is 0 Å². The molecule has 1 atom stereocenters. The van der Waals surface area contributed by atoms with Crippen LogP contribution in [0, 0.1) is 5.92 Å². The standard InChI is InChI=1S/C9H14O/c1-2-4-8-5-3-6-9(10)7-8/h2,8H,1,3-7H2/t8-/m1/s1. The molecule has 1 rings (SSSR count). The average Bonchev–Trinajstić information content (AvgIpc) is 1.88. The van der Waals surface area contributed by atoms with Gasteiger partial charge >= 0.3 is 0 Å². The molecule has 0 aromatic carbocycles. The summed E-state index contributed by atoms with van der Waals surface area (Å²) in [5.74, 6) is 1.05. The van der Waals surface area contributed by atoms with Crippen molar-refractivity contribution in [3.8, 4) is 0 Å². The Balaban J connectivity index is 2.31. The van der Waals surface area contributed by atoms with Crippen LogP contribution in [-0.4, -0.2) is 5.78 Å². The van der Waals surface area contributed by atoms with Gasteiger partial charge in [-0.1, -0.05) is 6.08 Å². The minimum Gasteiger partial charge on any atom is -0.300 e. The van der Waals surface area contributed by atoms with Crippen molar-refractivity contribution in [2.45, 2.75) is 32.1 Å². The summed E-state index contributed by atoms with van der Waals surface area (Å²) in [5, 5.41) is 0. The lowest BCUT2D eigenvalue weighted by atomic mass is 9.86. The third-order valence-corrected chi connectivity index (χ3v) is 2.08. The molecule has 1 fully saturated rings. The topological polar surface area (TPSA) is 17.1 Å². The fourth-order valence-corrected chi connectivity index (χ4v) is 1.55. The van der Waals surface area contributed by atoms with Crippen molar-refractivity contribution in [1.82, 2.24) is 0 Å². The molecule has 1 aliphatic rings. The highest BCUT2D eigenvalue weighted by atomic mass is 16.1. The molecule has 1 aliphatic carbocycles. The van der Waals surface area contributed by atoms with Gasteiger partial charge in [0.15, 0.2) is 0 Å². The lowest BCUT2D eigenvalue weighted by Crippen LogP contribution is -2.13. The smallest absolute Gasteiger partial charge is 0.133 e. The molecular weight excluding hydrogens is 124 g/mol. The first-order valence-corrected chi connectivity index (χ1v) is 3.95. The molecule has 56 valence electrons. The van der Waals surface area contributed by atoms with Crippen molar-refractivity contribution < 1.29 is 4.79 Å². The second-order valence-electron chi connectivity index (χ2n) is 3.03. The normalized spacial score (nSPS) is 26.4. The Morgan fingerprint density at radius 2 is 2.50 bits per heavy atom. The van der Waals surface area contributed by atoms with E-state index in [0.717, 1.165) is 25.7 Å². The Morgan fingerprint density at radius 1 is 1.70 bits per heavy atom. The number of Topliss-reactive ketones (excluding diaryl/α,β-unsaturated/α-hetero) is 1. The zero-order valence-electron chi connectivity index (χ0n) is 6.31. The molecule has 0 unspecified atom stereocenters. The highest BCUT2D eigenvalue weighted by molar-refractivity contribution is 5.79. The van der Waals surface area contributed by atoms with Crippen LogP contribution in [0.2, 0.25) is 0 Å². The summed E-state index contributed by atoms with van der Waals surface area (Å²) in [7, 11) is 0. The van der Waals surface area contributed by atoms with Crippen molar-refractivity contribution in [3.05, 3.63) is 12.7 Å². The number of hydrogen-bond acceptors (Lipinski definition) is 1. The molecule has 0 N–H and O–H groups in total. The van der Waals surface area contributed by atoms with Crippen molar-refractivity contribution in [2.75, 3.05) is 0 Å². The molecule has 0 saturated heterocycles. The molecule has 0 spiro atoms. The van der Waals surface area contributed by atoms with Gasteiger partial charge in [0.25, 0.3) is 0 Å². The van der Waals surface area contributed by atoms with Gasteiger partial charge in [-0.05, 0) is 25.2 Å². The summed E-state index contributed by atoms with van der Waals surface area (Å²) >= 11 is 0. The van der Waals surface area contributed by atoms with E-state index in [0.29, 0.717) is 11.7 Å². The monoisotopic (exact) mass is 138 g/mol. The van der Waals surface area contributed by atoms with Crippen molar-refractivity contribution in [2.24, 2.45) is 5.92 Å². The van der Waals surface area contributed by atoms with E-state index in [9.17, 15) is 4.79 Å². The van der Waals surface area contributed by atoms with Crippen LogP contribution in [0.4, 0.5) is 0 Å². The third kappa shape index (κ3) is 1.98. The molecule has 1 saturated carbocycles. The molecule has 0 amide bonds. The number of allylic oxidation sites excluding steroid dienone is 1. The molecule has 0 heterocycles. The van der Waals surface area contributed by atoms with E-state index in [4.69, 9.17) is 0 Å². The molecule has 0 bridgehead atoms. The van der Waals surface area contributed by atoms with Gasteiger partial charge in [0, 0.05) is 12.8 Å². The summed E-state index contributed by atoms with van der Waals surface area (Å²) in [6, 6.07) is 0. The maximum atomic E-state index is 10.9. The van der Waals surface area contributed by atoms with Gasteiger partial charge < -0.3 is 0 Å². The van der Waals surface area contributed by atoms with Gasteiger partial charge in [-0.15, -0.1) is 6.58 Å². The van der Waals surface area contributed by atoms with Crippen LogP contribution in [0.3, 0.4) is 0 Å². The zero-order chi connectivity index (χ0) is 7.40. The van der Waals surface area contributed by atoms with Crippen molar-refractivity contribution >= 4 is 5.78 Å². The van der Waals surface area contributed by atoms with Crippen LogP contribution in [0.15, 0.2) is 12.7 Å². The number of rotatable bonds is 2. The van der Waals surface area contributed by atoms with E-state index in [2.05, 4.69) is 6.58 Å². The largest absolute Gasteiger partial charge is 0.300 e. The minimum atomic E-state index is 0.443. The first-order valence-electron chi connectivity index (χ1n) is 3.95. The SMILES string of the molecule is C=CC[C@@H]1CCCC(=O)C1. The Bertz CT molecular complexity index is 138. The van der Waals surface area contributed by atoms with Gasteiger partial charge in [0.2, 0.25) is 0 Å². The maximum absolute atomic E-state index is 10.9. The lowest BCUT2D eigenvalue weighted by molar-refractivity contribution is -0.121. The minimum absolute atomic E-state index is 0.443. The fraction of sp³-hybridized carbons (Fsp3) is 0.667. The van der Waals surface area contributed by atoms with Crippen molar-refractivity contribution in [3.63, 3.8) is 0 Å². The van der Waals surface area contributed by atoms with Crippen LogP contribution in [0.25, 0.3) is 0 Å². The summed E-state index contributed by atoms with van der Waals surface area (Å²) < 4.78 is 0. The Hall–Kier alpha value is -0.590. The van der Waals surface area contributed by atoms with E-state index >= 15 is 0 Å². The van der Waals surface area contributed by atoms with Gasteiger partial charge in [-0.3, -0.25) is 4.79 Å². The quantitative estimate of drug-likeness (QED) is 0.535. The van der Waals surface area contributed by atoms with E-state index in [1.165, 1.54) is 6.42 Å². The van der Waals surface area contributed by atoms with Gasteiger partial charge in [0.1, 0.15) is 5.78 Å². The first kappa shape index (κ1) is 7.52. The van der Waals surface area contributed by atoms with E-state index in [1.54, 1.807) is 0 Å². The lowest BCUT2D eigenvalue weighted by Gasteiger charge is -2.18.